The van der Waals surface area contributed by atoms with Crippen LogP contribution < -0.4 is 19.7 Å². The van der Waals surface area contributed by atoms with Gasteiger partial charge in [0.1, 0.15) is 24.7 Å². The van der Waals surface area contributed by atoms with Gasteiger partial charge in [-0.1, -0.05) is 54.6 Å². The standard InChI is InChI=1S/C27H26N2O4/c1-32-24-14-8-5-9-19(24)16-28-25(30)17-29-23-13-7-6-12-21(23)22-15-27(22,26(29)31)18-33-20-10-3-2-4-11-20/h2-14,22H,15-18H2,1H3,(H,28,30)/t22-,27+/m0/s1. The number of amides is 2. The predicted molar refractivity (Wildman–Crippen MR) is 125 cm³/mol. The number of carbonyl (C=O) groups excluding carboxylic acids is 2. The molecular weight excluding hydrogens is 416 g/mol. The first-order valence-electron chi connectivity index (χ1n) is 11.1. The minimum absolute atomic E-state index is 0.0369. The highest BCUT2D eigenvalue weighted by atomic mass is 16.5. The summed E-state index contributed by atoms with van der Waals surface area (Å²) >= 11 is 0. The van der Waals surface area contributed by atoms with Gasteiger partial charge in [0.25, 0.3) is 0 Å². The highest BCUT2D eigenvalue weighted by Gasteiger charge is 2.66. The lowest BCUT2D eigenvalue weighted by Crippen LogP contribution is -2.48. The van der Waals surface area contributed by atoms with Crippen molar-refractivity contribution in [3.63, 3.8) is 0 Å². The fourth-order valence-corrected chi connectivity index (χ4v) is 4.70. The second-order valence-corrected chi connectivity index (χ2v) is 8.55. The molecule has 2 aliphatic rings. The topological polar surface area (TPSA) is 67.9 Å². The van der Waals surface area contributed by atoms with Crippen molar-refractivity contribution in [2.75, 3.05) is 25.2 Å². The third-order valence-electron chi connectivity index (χ3n) is 6.56. The summed E-state index contributed by atoms with van der Waals surface area (Å²) in [6, 6.07) is 24.9. The third-order valence-corrected chi connectivity index (χ3v) is 6.56. The Morgan fingerprint density at radius 3 is 2.58 bits per heavy atom. The number of hydrogen-bond donors (Lipinski definition) is 1. The van der Waals surface area contributed by atoms with Crippen molar-refractivity contribution in [2.45, 2.75) is 18.9 Å². The van der Waals surface area contributed by atoms with Crippen molar-refractivity contribution in [1.82, 2.24) is 5.32 Å². The Balaban J connectivity index is 1.32. The highest BCUT2D eigenvalue weighted by molar-refractivity contribution is 6.07. The maximum atomic E-state index is 13.6. The Bertz CT molecular complexity index is 1180. The van der Waals surface area contributed by atoms with E-state index in [0.29, 0.717) is 13.2 Å². The number of anilines is 1. The first-order chi connectivity index (χ1) is 16.1. The Morgan fingerprint density at radius 1 is 1.03 bits per heavy atom. The first kappa shape index (κ1) is 21.1. The number of nitrogens with one attached hydrogen (secondary N) is 1. The molecule has 6 nitrogen and oxygen atoms in total. The molecule has 33 heavy (non-hydrogen) atoms. The summed E-state index contributed by atoms with van der Waals surface area (Å²) in [5.74, 6) is 1.31. The zero-order valence-corrected chi connectivity index (χ0v) is 18.5. The molecule has 1 fully saturated rings. The summed E-state index contributed by atoms with van der Waals surface area (Å²) in [5, 5.41) is 2.93. The lowest BCUT2D eigenvalue weighted by Gasteiger charge is -2.33. The minimum Gasteiger partial charge on any atom is -0.496 e. The van der Waals surface area contributed by atoms with Gasteiger partial charge in [-0.05, 0) is 36.2 Å². The number of fused-ring (bicyclic) bond motifs is 3. The van der Waals surface area contributed by atoms with E-state index in [2.05, 4.69) is 11.4 Å². The fourth-order valence-electron chi connectivity index (χ4n) is 4.70. The molecule has 0 saturated heterocycles. The average Bonchev–Trinajstić information content (AvgIpc) is 3.61. The van der Waals surface area contributed by atoms with E-state index in [0.717, 1.165) is 34.7 Å². The largest absolute Gasteiger partial charge is 0.496 e. The van der Waals surface area contributed by atoms with Gasteiger partial charge in [-0.3, -0.25) is 9.59 Å². The molecule has 1 aliphatic carbocycles. The molecule has 0 spiro atoms. The lowest BCUT2D eigenvalue weighted by atomic mass is 9.92. The van der Waals surface area contributed by atoms with Crippen molar-refractivity contribution >= 4 is 17.5 Å². The van der Waals surface area contributed by atoms with Gasteiger partial charge in [0, 0.05) is 23.7 Å². The summed E-state index contributed by atoms with van der Waals surface area (Å²) in [5.41, 5.74) is 2.18. The van der Waals surface area contributed by atoms with Crippen molar-refractivity contribution in [1.29, 1.82) is 0 Å². The number of ether oxygens (including phenoxy) is 2. The molecule has 1 saturated carbocycles. The molecular formula is C27H26N2O4. The molecule has 5 rings (SSSR count). The number of carbonyl (C=O) groups is 2. The average molecular weight is 443 g/mol. The van der Waals surface area contributed by atoms with Crippen LogP contribution in [0.5, 0.6) is 11.5 Å². The maximum absolute atomic E-state index is 13.6. The van der Waals surface area contributed by atoms with Crippen molar-refractivity contribution in [2.24, 2.45) is 5.41 Å². The molecule has 1 aliphatic heterocycles. The van der Waals surface area contributed by atoms with Crippen LogP contribution in [0.25, 0.3) is 0 Å². The van der Waals surface area contributed by atoms with Crippen LogP contribution >= 0.6 is 0 Å². The Labute approximate surface area is 193 Å². The zero-order chi connectivity index (χ0) is 22.8. The summed E-state index contributed by atoms with van der Waals surface area (Å²) in [7, 11) is 1.60. The molecule has 2 amide bonds. The van der Waals surface area contributed by atoms with Crippen LogP contribution in [0.15, 0.2) is 78.9 Å². The van der Waals surface area contributed by atoms with E-state index >= 15 is 0 Å². The van der Waals surface area contributed by atoms with E-state index in [1.807, 2.05) is 72.8 Å². The van der Waals surface area contributed by atoms with Crippen LogP contribution in [0.3, 0.4) is 0 Å². The lowest BCUT2D eigenvalue weighted by molar-refractivity contribution is -0.128. The maximum Gasteiger partial charge on any atom is 0.240 e. The Morgan fingerprint density at radius 2 is 1.76 bits per heavy atom. The van der Waals surface area contributed by atoms with Gasteiger partial charge < -0.3 is 19.7 Å². The van der Waals surface area contributed by atoms with Gasteiger partial charge in [0.05, 0.1) is 12.5 Å². The van der Waals surface area contributed by atoms with Crippen LogP contribution in [-0.2, 0) is 16.1 Å². The summed E-state index contributed by atoms with van der Waals surface area (Å²) in [6.07, 6.45) is 0.731. The van der Waals surface area contributed by atoms with Crippen molar-refractivity contribution in [3.8, 4) is 11.5 Å². The van der Waals surface area contributed by atoms with Crippen LogP contribution in [0.2, 0.25) is 0 Å². The number of nitrogens with zero attached hydrogens (tertiary/aromatic N) is 1. The van der Waals surface area contributed by atoms with Crippen LogP contribution in [0.4, 0.5) is 5.69 Å². The molecule has 3 aromatic rings. The van der Waals surface area contributed by atoms with E-state index in [4.69, 9.17) is 9.47 Å². The van der Waals surface area contributed by atoms with Gasteiger partial charge in [-0.25, -0.2) is 0 Å². The van der Waals surface area contributed by atoms with E-state index in [-0.39, 0.29) is 24.3 Å². The molecule has 6 heteroatoms. The normalized spacial score (nSPS) is 20.5. The van der Waals surface area contributed by atoms with Crippen molar-refractivity contribution < 1.29 is 19.1 Å². The van der Waals surface area contributed by atoms with Crippen molar-refractivity contribution in [3.05, 3.63) is 90.0 Å². The number of rotatable bonds is 8. The number of benzene rings is 3. The number of hydrogen-bond acceptors (Lipinski definition) is 4. The fraction of sp³-hybridized carbons (Fsp3) is 0.259. The second kappa shape index (κ2) is 8.62. The summed E-state index contributed by atoms with van der Waals surface area (Å²) in [4.78, 5) is 28.1. The third kappa shape index (κ3) is 3.93. The predicted octanol–water partition coefficient (Wildman–Crippen LogP) is 3.91. The summed E-state index contributed by atoms with van der Waals surface area (Å²) in [6.45, 7) is 0.594. The Hall–Kier alpha value is -3.80. The van der Waals surface area contributed by atoms with E-state index in [9.17, 15) is 9.59 Å². The molecule has 0 unspecified atom stereocenters. The molecule has 1 heterocycles. The monoisotopic (exact) mass is 442 g/mol. The summed E-state index contributed by atoms with van der Waals surface area (Å²) < 4.78 is 11.4. The van der Waals surface area contributed by atoms with E-state index in [1.54, 1.807) is 12.0 Å². The van der Waals surface area contributed by atoms with Crippen LogP contribution in [0, 0.1) is 5.41 Å². The van der Waals surface area contributed by atoms with Gasteiger partial charge in [-0.15, -0.1) is 0 Å². The van der Waals surface area contributed by atoms with E-state index < -0.39 is 5.41 Å². The molecule has 2 atom stereocenters. The minimum atomic E-state index is -0.618. The second-order valence-electron chi connectivity index (χ2n) is 8.55. The van der Waals surface area contributed by atoms with Gasteiger partial charge >= 0.3 is 0 Å². The smallest absolute Gasteiger partial charge is 0.240 e. The highest BCUT2D eigenvalue weighted by Crippen LogP contribution is 2.65. The quantitative estimate of drug-likeness (QED) is 0.574. The number of methoxy groups -OCH3 is 1. The Kier molecular flexibility index (Phi) is 5.50. The van der Waals surface area contributed by atoms with Gasteiger partial charge in [0.2, 0.25) is 11.8 Å². The molecule has 0 aromatic heterocycles. The SMILES string of the molecule is COc1ccccc1CNC(=O)CN1C(=O)[C@@]2(COc3ccccc3)C[C@H]2c2ccccc21. The zero-order valence-electron chi connectivity index (χ0n) is 18.5. The van der Waals surface area contributed by atoms with E-state index in [1.165, 1.54) is 0 Å². The first-order valence-corrected chi connectivity index (χ1v) is 11.1. The van der Waals surface area contributed by atoms with Gasteiger partial charge in [0.15, 0.2) is 0 Å². The molecule has 168 valence electrons. The van der Waals surface area contributed by atoms with Gasteiger partial charge in [-0.2, -0.15) is 0 Å². The number of para-hydroxylation sites is 3. The van der Waals surface area contributed by atoms with Crippen LogP contribution in [-0.4, -0.2) is 32.1 Å². The van der Waals surface area contributed by atoms with Crippen LogP contribution in [0.1, 0.15) is 23.5 Å². The molecule has 3 aromatic carbocycles. The molecule has 0 radical (unpaired) electrons. The molecule has 1 N–H and O–H groups in total. The molecule has 0 bridgehead atoms.